The molecule has 0 saturated carbocycles. The van der Waals surface area contributed by atoms with E-state index in [9.17, 15) is 0 Å². The maximum absolute atomic E-state index is 4.86. The molecule has 0 aromatic carbocycles. The number of nitrogens with zero attached hydrogens (tertiary/aromatic N) is 3. The van der Waals surface area contributed by atoms with Gasteiger partial charge in [0.25, 0.3) is 0 Å². The molecule has 1 atom stereocenters. The molecule has 1 aliphatic heterocycles. The number of aromatic nitrogens is 2. The van der Waals surface area contributed by atoms with Gasteiger partial charge in [-0.05, 0) is 37.3 Å². The Kier molecular flexibility index (Phi) is 4.29. The molecule has 3 heterocycles. The molecule has 1 unspecified atom stereocenters. The fraction of sp³-hybridized carbons (Fsp3) is 0.562. The van der Waals surface area contributed by atoms with Crippen molar-refractivity contribution in [2.75, 3.05) is 18.0 Å². The molecule has 0 amide bonds. The largest absolute Gasteiger partial charge is 0.355 e. The summed E-state index contributed by atoms with van der Waals surface area (Å²) < 4.78 is 2.20. The Morgan fingerprint density at radius 3 is 3.00 bits per heavy atom. The van der Waals surface area contributed by atoms with E-state index in [-0.39, 0.29) is 0 Å². The highest BCUT2D eigenvalue weighted by Crippen LogP contribution is 2.28. The van der Waals surface area contributed by atoms with Crippen LogP contribution in [-0.4, -0.2) is 22.5 Å². The second kappa shape index (κ2) is 6.17. The van der Waals surface area contributed by atoms with E-state index in [1.54, 1.807) is 0 Å². The normalized spacial score (nSPS) is 20.3. The molecule has 3 nitrogen and oxygen atoms in total. The lowest BCUT2D eigenvalue weighted by Crippen LogP contribution is -2.25. The van der Waals surface area contributed by atoms with Crippen LogP contribution in [0.15, 0.2) is 24.4 Å². The zero-order valence-corrected chi connectivity index (χ0v) is 13.6. The molecule has 2 aromatic heterocycles. The Bertz CT molecular complexity index is 578. The fourth-order valence-electron chi connectivity index (χ4n) is 3.20. The average molecular weight is 336 g/mol. The predicted molar refractivity (Wildman–Crippen MR) is 87.7 cm³/mol. The van der Waals surface area contributed by atoms with E-state index >= 15 is 0 Å². The number of alkyl halides is 1. The number of halogens is 1. The molecule has 1 aliphatic rings. The lowest BCUT2D eigenvalue weighted by atomic mass is 9.98. The van der Waals surface area contributed by atoms with Gasteiger partial charge in [0.2, 0.25) is 0 Å². The van der Waals surface area contributed by atoms with E-state index in [1.165, 1.54) is 37.2 Å². The van der Waals surface area contributed by atoms with Crippen molar-refractivity contribution in [2.24, 2.45) is 5.92 Å². The number of hydrogen-bond donors (Lipinski definition) is 0. The zero-order chi connectivity index (χ0) is 13.9. The minimum absolute atomic E-state index is 0.848. The summed E-state index contributed by atoms with van der Waals surface area (Å²) in [6, 6.07) is 6.21. The van der Waals surface area contributed by atoms with Gasteiger partial charge in [0.15, 0.2) is 5.82 Å². The van der Waals surface area contributed by atoms with Crippen molar-refractivity contribution in [1.82, 2.24) is 9.38 Å². The third-order valence-electron chi connectivity index (χ3n) is 4.46. The van der Waals surface area contributed by atoms with E-state index in [2.05, 4.69) is 56.6 Å². The van der Waals surface area contributed by atoms with E-state index < -0.39 is 0 Å². The summed E-state index contributed by atoms with van der Waals surface area (Å²) in [5, 5.41) is 0.848. The van der Waals surface area contributed by atoms with Crippen molar-refractivity contribution in [3.05, 3.63) is 30.1 Å². The van der Waals surface area contributed by atoms with E-state index in [1.807, 2.05) is 0 Å². The van der Waals surface area contributed by atoms with Gasteiger partial charge < -0.3 is 9.30 Å². The summed E-state index contributed by atoms with van der Waals surface area (Å²) in [5.74, 6) is 2.06. The molecular formula is C16H22BrN3. The van der Waals surface area contributed by atoms with Crippen LogP contribution in [0.5, 0.6) is 0 Å². The smallest absolute Gasteiger partial charge is 0.152 e. The molecule has 2 aromatic rings. The van der Waals surface area contributed by atoms with Crippen molar-refractivity contribution in [3.63, 3.8) is 0 Å². The number of imidazole rings is 1. The summed E-state index contributed by atoms with van der Waals surface area (Å²) in [7, 11) is 0. The monoisotopic (exact) mass is 335 g/mol. The van der Waals surface area contributed by atoms with Crippen LogP contribution >= 0.6 is 15.9 Å². The van der Waals surface area contributed by atoms with Gasteiger partial charge in [0, 0.05) is 24.6 Å². The highest BCUT2D eigenvalue weighted by molar-refractivity contribution is 9.08. The van der Waals surface area contributed by atoms with Crippen LogP contribution in [0.3, 0.4) is 0 Å². The fourth-order valence-corrected chi connectivity index (χ4v) is 3.72. The lowest BCUT2D eigenvalue weighted by Gasteiger charge is -2.21. The lowest BCUT2D eigenvalue weighted by molar-refractivity contribution is 0.459. The Labute approximate surface area is 129 Å². The highest BCUT2D eigenvalue weighted by atomic mass is 79.9. The van der Waals surface area contributed by atoms with Gasteiger partial charge in [-0.15, -0.1) is 0 Å². The van der Waals surface area contributed by atoms with Crippen LogP contribution in [0.25, 0.3) is 5.65 Å². The molecule has 0 radical (unpaired) electrons. The summed E-state index contributed by atoms with van der Waals surface area (Å²) in [6.45, 7) is 4.60. The number of pyridine rings is 1. The minimum Gasteiger partial charge on any atom is -0.355 e. The number of rotatable bonds is 3. The van der Waals surface area contributed by atoms with Crippen LogP contribution in [0.1, 0.15) is 38.3 Å². The van der Waals surface area contributed by atoms with Gasteiger partial charge in [-0.3, -0.25) is 0 Å². The third-order valence-corrected chi connectivity index (χ3v) is 4.99. The van der Waals surface area contributed by atoms with Crippen LogP contribution in [0, 0.1) is 5.92 Å². The first-order valence-electron chi connectivity index (χ1n) is 7.60. The maximum Gasteiger partial charge on any atom is 0.152 e. The Morgan fingerprint density at radius 2 is 2.20 bits per heavy atom. The number of hydrogen-bond acceptors (Lipinski definition) is 2. The van der Waals surface area contributed by atoms with Crippen LogP contribution < -0.4 is 4.90 Å². The summed E-state index contributed by atoms with van der Waals surface area (Å²) >= 11 is 3.63. The van der Waals surface area contributed by atoms with Gasteiger partial charge in [-0.2, -0.15) is 0 Å². The Morgan fingerprint density at radius 1 is 1.30 bits per heavy atom. The highest BCUT2D eigenvalue weighted by Gasteiger charge is 2.21. The first kappa shape index (κ1) is 13.9. The van der Waals surface area contributed by atoms with Crippen LogP contribution in [0.4, 0.5) is 5.82 Å². The second-order valence-electron chi connectivity index (χ2n) is 5.64. The van der Waals surface area contributed by atoms with Crippen molar-refractivity contribution in [2.45, 2.75) is 37.9 Å². The minimum atomic E-state index is 0.848. The standard InChI is InChI=1S/C16H22BrN3/c1-2-13-6-5-9-19(11-8-13)16-14(12-17)20-10-4-3-7-15(20)18-16/h3-4,7,10,13H,2,5-6,8-9,11-12H2,1H3. The summed E-state index contributed by atoms with van der Waals surface area (Å²) in [4.78, 5) is 7.34. The molecule has 3 rings (SSSR count). The van der Waals surface area contributed by atoms with Crippen LogP contribution in [0.2, 0.25) is 0 Å². The number of fused-ring (bicyclic) bond motifs is 1. The number of anilines is 1. The SMILES string of the molecule is CCC1CCCN(c2nc3ccccn3c2CBr)CC1. The van der Waals surface area contributed by atoms with Crippen molar-refractivity contribution in [1.29, 1.82) is 0 Å². The van der Waals surface area contributed by atoms with E-state index in [4.69, 9.17) is 4.98 Å². The molecule has 108 valence electrons. The molecule has 20 heavy (non-hydrogen) atoms. The predicted octanol–water partition coefficient (Wildman–Crippen LogP) is 4.25. The van der Waals surface area contributed by atoms with E-state index in [0.29, 0.717) is 0 Å². The molecule has 0 N–H and O–H groups in total. The Balaban J connectivity index is 1.93. The quantitative estimate of drug-likeness (QED) is 0.781. The van der Waals surface area contributed by atoms with Gasteiger partial charge >= 0.3 is 0 Å². The molecule has 1 fully saturated rings. The van der Waals surface area contributed by atoms with E-state index in [0.717, 1.165) is 30.0 Å². The van der Waals surface area contributed by atoms with Crippen LogP contribution in [-0.2, 0) is 5.33 Å². The van der Waals surface area contributed by atoms with Crippen molar-refractivity contribution in [3.8, 4) is 0 Å². The molecule has 0 aliphatic carbocycles. The average Bonchev–Trinajstić information content (AvgIpc) is 2.69. The van der Waals surface area contributed by atoms with Gasteiger partial charge in [-0.1, -0.05) is 35.3 Å². The van der Waals surface area contributed by atoms with Crippen molar-refractivity contribution >= 4 is 27.4 Å². The molecule has 0 bridgehead atoms. The van der Waals surface area contributed by atoms with Gasteiger partial charge in [-0.25, -0.2) is 4.98 Å². The molecule has 4 heteroatoms. The summed E-state index contributed by atoms with van der Waals surface area (Å²) in [5.41, 5.74) is 2.32. The second-order valence-corrected chi connectivity index (χ2v) is 6.20. The molecule has 0 spiro atoms. The topological polar surface area (TPSA) is 20.5 Å². The van der Waals surface area contributed by atoms with Crippen molar-refractivity contribution < 1.29 is 0 Å². The first-order valence-corrected chi connectivity index (χ1v) is 8.72. The molecular weight excluding hydrogens is 314 g/mol. The maximum atomic E-state index is 4.86. The summed E-state index contributed by atoms with van der Waals surface area (Å²) in [6.07, 6.45) is 7.36. The molecule has 1 saturated heterocycles. The van der Waals surface area contributed by atoms with Gasteiger partial charge in [0.1, 0.15) is 5.65 Å². The Hall–Kier alpha value is -1.03. The first-order chi connectivity index (χ1) is 9.83. The van der Waals surface area contributed by atoms with Gasteiger partial charge in [0.05, 0.1) is 5.69 Å². The third kappa shape index (κ3) is 2.58. The zero-order valence-electron chi connectivity index (χ0n) is 12.1.